The highest BCUT2D eigenvalue weighted by molar-refractivity contribution is 7.22. The molecule has 1 N–H and O–H groups in total. The topological polar surface area (TPSA) is 68.3 Å². The quantitative estimate of drug-likeness (QED) is 0.667. The van der Waals surface area contributed by atoms with Gasteiger partial charge in [-0.05, 0) is 18.6 Å². The first kappa shape index (κ1) is 19.0. The molecule has 0 saturated carbocycles. The van der Waals surface area contributed by atoms with Crippen LogP contribution in [0.1, 0.15) is 19.3 Å². The van der Waals surface area contributed by atoms with Gasteiger partial charge in [0, 0.05) is 12.8 Å². The third-order valence-electron chi connectivity index (χ3n) is 2.89. The van der Waals surface area contributed by atoms with Crippen LogP contribution in [0.15, 0.2) is 33.8 Å². The van der Waals surface area contributed by atoms with Crippen LogP contribution in [-0.4, -0.2) is 23.5 Å². The van der Waals surface area contributed by atoms with Gasteiger partial charge in [-0.2, -0.15) is 0 Å². The Hall–Kier alpha value is -1.34. The number of anilines is 1. The van der Waals surface area contributed by atoms with Gasteiger partial charge in [-0.3, -0.25) is 9.59 Å². The largest absolute Gasteiger partial charge is 0.460 e. The Bertz CT molecular complexity index is 739. The summed E-state index contributed by atoms with van der Waals surface area (Å²) in [5, 5.41) is 3.32. The zero-order chi connectivity index (χ0) is 17.5. The fourth-order valence-corrected chi connectivity index (χ4v) is 2.82. The Morgan fingerprint density at radius 2 is 1.92 bits per heavy atom. The molecular weight excluding hydrogens is 395 g/mol. The number of esters is 1. The van der Waals surface area contributed by atoms with Crippen LogP contribution in [0.2, 0.25) is 0 Å². The highest BCUT2D eigenvalue weighted by atomic mass is 35.5. The highest BCUT2D eigenvalue weighted by Crippen LogP contribution is 2.25. The third kappa shape index (κ3) is 5.94. The molecule has 0 aliphatic rings. The van der Waals surface area contributed by atoms with Crippen molar-refractivity contribution in [2.75, 3.05) is 11.9 Å². The molecule has 0 unspecified atom stereocenters. The first-order chi connectivity index (χ1) is 11.5. The molecule has 1 aromatic carbocycles. The lowest BCUT2D eigenvalue weighted by Crippen LogP contribution is -2.12. The van der Waals surface area contributed by atoms with E-state index in [-0.39, 0.29) is 34.9 Å². The number of amides is 1. The van der Waals surface area contributed by atoms with Crippen molar-refractivity contribution in [2.45, 2.75) is 19.3 Å². The molecule has 0 saturated heterocycles. The van der Waals surface area contributed by atoms with Gasteiger partial charge in [0.15, 0.2) is 5.13 Å². The second kappa shape index (κ2) is 9.22. The number of halogens is 3. The van der Waals surface area contributed by atoms with Crippen LogP contribution in [0, 0.1) is 0 Å². The minimum absolute atomic E-state index is 0.0558. The van der Waals surface area contributed by atoms with E-state index >= 15 is 0 Å². The summed E-state index contributed by atoms with van der Waals surface area (Å²) < 4.78 is 5.73. The fourth-order valence-electron chi connectivity index (χ4n) is 1.77. The van der Waals surface area contributed by atoms with Gasteiger partial charge < -0.3 is 10.1 Å². The van der Waals surface area contributed by atoms with E-state index in [1.807, 2.05) is 24.3 Å². The van der Waals surface area contributed by atoms with Crippen molar-refractivity contribution in [3.8, 4) is 0 Å². The van der Waals surface area contributed by atoms with Crippen LogP contribution < -0.4 is 5.32 Å². The predicted molar refractivity (Wildman–Crippen MR) is 97.6 cm³/mol. The zero-order valence-corrected chi connectivity index (χ0v) is 15.4. The molecule has 0 fully saturated rings. The average molecular weight is 408 g/mol. The maximum atomic E-state index is 11.9. The van der Waals surface area contributed by atoms with Gasteiger partial charge in [-0.1, -0.05) is 58.3 Å². The summed E-state index contributed by atoms with van der Waals surface area (Å²) in [5.74, 6) is -0.681. The van der Waals surface area contributed by atoms with E-state index in [4.69, 9.17) is 39.5 Å². The van der Waals surface area contributed by atoms with Crippen molar-refractivity contribution >= 4 is 73.4 Å². The molecule has 2 rings (SSSR count). The maximum absolute atomic E-state index is 11.9. The molecule has 0 spiro atoms. The van der Waals surface area contributed by atoms with Crippen molar-refractivity contribution in [1.29, 1.82) is 0 Å². The summed E-state index contributed by atoms with van der Waals surface area (Å²) in [6.45, 7) is -0.180. The number of nitrogens with zero attached hydrogens (tertiary/aromatic N) is 1. The average Bonchev–Trinajstić information content (AvgIpc) is 2.94. The second-order valence-electron chi connectivity index (χ2n) is 4.71. The van der Waals surface area contributed by atoms with Gasteiger partial charge in [0.1, 0.15) is 11.1 Å². The summed E-state index contributed by atoms with van der Waals surface area (Å²) in [7, 11) is 0. The third-order valence-corrected chi connectivity index (χ3v) is 4.79. The number of hydrogen-bond donors (Lipinski definition) is 1. The number of rotatable bonds is 7. The molecular formula is C15H13Cl3N2O3S. The summed E-state index contributed by atoms with van der Waals surface area (Å²) in [6.07, 6.45) is 0.633. The Labute approximate surface area is 157 Å². The molecule has 9 heteroatoms. The smallest absolute Gasteiger partial charge is 0.306 e. The van der Waals surface area contributed by atoms with Crippen molar-refractivity contribution in [3.05, 3.63) is 33.8 Å². The van der Waals surface area contributed by atoms with Crippen molar-refractivity contribution < 1.29 is 14.3 Å². The number of nitrogens with one attached hydrogen (secondary N) is 1. The van der Waals surface area contributed by atoms with Gasteiger partial charge in [0.05, 0.1) is 15.2 Å². The molecule has 1 heterocycles. The number of benzene rings is 1. The first-order valence-electron chi connectivity index (χ1n) is 6.96. The standard InChI is InChI=1S/C15H13Cl3N2O3S/c16-9(14(17)18)8-23-13(22)7-3-6-12(21)20-15-19-10-4-1-2-5-11(10)24-15/h1-2,4-5H,3,6-8H2,(H,19,20,21). The number of carbonyl (C=O) groups excluding carboxylic acids is 2. The molecule has 1 amide bonds. The Morgan fingerprint density at radius 3 is 2.62 bits per heavy atom. The number of aromatic nitrogens is 1. The monoisotopic (exact) mass is 406 g/mol. The molecule has 24 heavy (non-hydrogen) atoms. The first-order valence-corrected chi connectivity index (χ1v) is 8.91. The van der Waals surface area contributed by atoms with Crippen molar-refractivity contribution in [3.63, 3.8) is 0 Å². The minimum Gasteiger partial charge on any atom is -0.460 e. The van der Waals surface area contributed by atoms with Crippen LogP contribution >= 0.6 is 46.1 Å². The van der Waals surface area contributed by atoms with Gasteiger partial charge in [0.2, 0.25) is 5.91 Å². The molecule has 2 aromatic rings. The SMILES string of the molecule is O=C(CCCC(=O)OCC(Cl)=C(Cl)Cl)Nc1nc2ccccc2s1. The molecule has 0 atom stereocenters. The predicted octanol–water partition coefficient (Wildman–Crippen LogP) is 4.83. The van der Waals surface area contributed by atoms with E-state index in [0.717, 1.165) is 10.2 Å². The van der Waals surface area contributed by atoms with Gasteiger partial charge in [0.25, 0.3) is 0 Å². The lowest BCUT2D eigenvalue weighted by molar-refractivity contribution is -0.142. The van der Waals surface area contributed by atoms with E-state index in [0.29, 0.717) is 11.6 Å². The van der Waals surface area contributed by atoms with Gasteiger partial charge >= 0.3 is 5.97 Å². The van der Waals surface area contributed by atoms with E-state index in [1.54, 1.807) is 0 Å². The summed E-state index contributed by atoms with van der Waals surface area (Å²) >= 11 is 17.9. The minimum atomic E-state index is -0.476. The van der Waals surface area contributed by atoms with Gasteiger partial charge in [-0.15, -0.1) is 0 Å². The number of thiazole rings is 1. The fraction of sp³-hybridized carbons (Fsp3) is 0.267. The van der Waals surface area contributed by atoms with E-state index in [2.05, 4.69) is 10.3 Å². The molecule has 0 aliphatic carbocycles. The van der Waals surface area contributed by atoms with E-state index < -0.39 is 5.97 Å². The zero-order valence-electron chi connectivity index (χ0n) is 12.4. The normalized spacial score (nSPS) is 10.5. The maximum Gasteiger partial charge on any atom is 0.306 e. The van der Waals surface area contributed by atoms with E-state index in [9.17, 15) is 9.59 Å². The van der Waals surface area contributed by atoms with Crippen LogP contribution in [0.5, 0.6) is 0 Å². The van der Waals surface area contributed by atoms with Crippen molar-refractivity contribution in [2.24, 2.45) is 0 Å². The van der Waals surface area contributed by atoms with Crippen LogP contribution in [0.3, 0.4) is 0 Å². The number of fused-ring (bicyclic) bond motifs is 1. The van der Waals surface area contributed by atoms with Gasteiger partial charge in [-0.25, -0.2) is 4.98 Å². The van der Waals surface area contributed by atoms with E-state index in [1.165, 1.54) is 11.3 Å². The summed E-state index contributed by atoms with van der Waals surface area (Å²) in [4.78, 5) is 27.7. The highest BCUT2D eigenvalue weighted by Gasteiger charge is 2.10. The molecule has 0 bridgehead atoms. The molecule has 0 radical (unpaired) electrons. The Kier molecular flexibility index (Phi) is 7.30. The number of hydrogen-bond acceptors (Lipinski definition) is 5. The summed E-state index contributed by atoms with van der Waals surface area (Å²) in [6, 6.07) is 7.62. The summed E-state index contributed by atoms with van der Waals surface area (Å²) in [5.41, 5.74) is 0.837. The molecule has 5 nitrogen and oxygen atoms in total. The second-order valence-corrected chi connectivity index (χ2v) is 7.15. The lowest BCUT2D eigenvalue weighted by Gasteiger charge is -2.04. The van der Waals surface area contributed by atoms with Crippen LogP contribution in [0.25, 0.3) is 10.2 Å². The number of para-hydroxylation sites is 1. The molecule has 1 aromatic heterocycles. The number of ether oxygens (including phenoxy) is 1. The van der Waals surface area contributed by atoms with Crippen molar-refractivity contribution in [1.82, 2.24) is 4.98 Å². The Morgan fingerprint density at radius 1 is 1.17 bits per heavy atom. The Balaban J connectivity index is 1.71. The molecule has 0 aliphatic heterocycles. The molecule has 128 valence electrons. The van der Waals surface area contributed by atoms with Crippen LogP contribution in [-0.2, 0) is 14.3 Å². The lowest BCUT2D eigenvalue weighted by atomic mass is 10.2. The number of carbonyl (C=O) groups is 2. The van der Waals surface area contributed by atoms with Crippen LogP contribution in [0.4, 0.5) is 5.13 Å².